The number of benzene rings is 2. The quantitative estimate of drug-likeness (QED) is 0.442. The van der Waals surface area contributed by atoms with Crippen LogP contribution in [0.15, 0.2) is 55.1 Å². The van der Waals surface area contributed by atoms with Gasteiger partial charge in [0.1, 0.15) is 0 Å². The second kappa shape index (κ2) is 10.8. The highest BCUT2D eigenvalue weighted by atomic mass is 35.5. The molecular formula is C21H22ClN3O4. The molecule has 0 bridgehead atoms. The molecule has 0 spiro atoms. The number of halogens is 1. The number of methoxy groups -OCH3 is 2. The molecule has 3 amide bonds. The van der Waals surface area contributed by atoms with Crippen LogP contribution in [0.4, 0.5) is 16.2 Å². The number of carbonyl (C=O) groups is 2. The third kappa shape index (κ3) is 6.58. The van der Waals surface area contributed by atoms with Crippen LogP contribution in [0.5, 0.6) is 11.5 Å². The summed E-state index contributed by atoms with van der Waals surface area (Å²) in [6, 6.07) is 9.78. The zero-order valence-corrected chi connectivity index (χ0v) is 16.9. The van der Waals surface area contributed by atoms with E-state index in [2.05, 4.69) is 22.5 Å². The second-order valence-corrected chi connectivity index (χ2v) is 6.17. The minimum Gasteiger partial charge on any atom is -0.493 e. The van der Waals surface area contributed by atoms with Gasteiger partial charge in [0.05, 0.1) is 19.2 Å². The monoisotopic (exact) mass is 415 g/mol. The normalized spacial score (nSPS) is 10.3. The Morgan fingerprint density at radius 1 is 1.07 bits per heavy atom. The molecule has 2 aromatic carbocycles. The van der Waals surface area contributed by atoms with E-state index in [9.17, 15) is 9.59 Å². The van der Waals surface area contributed by atoms with Crippen molar-refractivity contribution >= 4 is 41.0 Å². The Morgan fingerprint density at radius 3 is 2.31 bits per heavy atom. The van der Waals surface area contributed by atoms with Crippen LogP contribution >= 0.6 is 11.6 Å². The van der Waals surface area contributed by atoms with Crippen LogP contribution in [-0.2, 0) is 4.79 Å². The van der Waals surface area contributed by atoms with Gasteiger partial charge < -0.3 is 25.4 Å². The maximum absolute atomic E-state index is 12.2. The van der Waals surface area contributed by atoms with Crippen molar-refractivity contribution < 1.29 is 19.1 Å². The fourth-order valence-corrected chi connectivity index (χ4v) is 2.66. The lowest BCUT2D eigenvalue weighted by molar-refractivity contribution is -0.111. The van der Waals surface area contributed by atoms with E-state index in [0.29, 0.717) is 40.0 Å². The molecule has 29 heavy (non-hydrogen) atoms. The van der Waals surface area contributed by atoms with E-state index in [0.717, 1.165) is 0 Å². The Labute approximate surface area is 174 Å². The molecule has 0 saturated carbocycles. The van der Waals surface area contributed by atoms with Crippen LogP contribution < -0.4 is 25.4 Å². The van der Waals surface area contributed by atoms with Crippen LogP contribution in [0.2, 0.25) is 5.02 Å². The summed E-state index contributed by atoms with van der Waals surface area (Å²) in [5.74, 6) is 0.586. The second-order valence-electron chi connectivity index (χ2n) is 5.76. The number of rotatable bonds is 8. The van der Waals surface area contributed by atoms with Gasteiger partial charge in [0.2, 0.25) is 5.91 Å². The van der Waals surface area contributed by atoms with Gasteiger partial charge in [-0.1, -0.05) is 17.7 Å². The number of ether oxygens (including phenoxy) is 2. The summed E-state index contributed by atoms with van der Waals surface area (Å²) in [6.45, 7) is 3.90. The first-order valence-electron chi connectivity index (χ1n) is 8.63. The minimum atomic E-state index is -0.335. The lowest BCUT2D eigenvalue weighted by Gasteiger charge is -2.10. The molecule has 0 aromatic heterocycles. The van der Waals surface area contributed by atoms with Gasteiger partial charge in [-0.3, -0.25) is 4.79 Å². The van der Waals surface area contributed by atoms with Gasteiger partial charge in [-0.15, -0.1) is 6.58 Å². The zero-order valence-electron chi connectivity index (χ0n) is 16.1. The van der Waals surface area contributed by atoms with Crippen LogP contribution in [-0.4, -0.2) is 32.7 Å². The molecule has 0 aliphatic carbocycles. The number of anilines is 2. The molecule has 0 atom stereocenters. The van der Waals surface area contributed by atoms with E-state index in [1.54, 1.807) is 48.6 Å². The summed E-state index contributed by atoms with van der Waals surface area (Å²) >= 11 is 6.16. The van der Waals surface area contributed by atoms with Crippen LogP contribution in [0, 0.1) is 0 Å². The average Bonchev–Trinajstić information content (AvgIpc) is 2.71. The fraction of sp³-hybridized carbons (Fsp3) is 0.143. The van der Waals surface area contributed by atoms with Crippen LogP contribution in [0.25, 0.3) is 6.08 Å². The SMILES string of the molecule is C=CCNC(=O)Nc1ccc(NC(=O)/C=C/c2cc(Cl)c(OC)c(OC)c2)cc1. The standard InChI is InChI=1S/C21H22ClN3O4/c1-4-11-23-21(27)25-16-8-6-15(7-9-16)24-19(26)10-5-14-12-17(22)20(29-3)18(13-14)28-2/h4-10,12-13H,1,11H2,2-3H3,(H,24,26)(H2,23,25,27)/b10-5+. The Hall–Kier alpha value is -3.45. The summed E-state index contributed by atoms with van der Waals surface area (Å²) in [4.78, 5) is 23.7. The molecule has 0 aliphatic heterocycles. The molecule has 0 aliphatic rings. The summed E-state index contributed by atoms with van der Waals surface area (Å²) in [5, 5.41) is 8.39. The molecule has 8 heteroatoms. The first-order chi connectivity index (χ1) is 14.0. The Morgan fingerprint density at radius 2 is 1.72 bits per heavy atom. The molecule has 7 nitrogen and oxygen atoms in total. The molecule has 152 valence electrons. The maximum Gasteiger partial charge on any atom is 0.319 e. The number of nitrogens with one attached hydrogen (secondary N) is 3. The third-order valence-corrected chi connectivity index (χ3v) is 3.98. The topological polar surface area (TPSA) is 88.7 Å². The summed E-state index contributed by atoms with van der Waals surface area (Å²) in [7, 11) is 3.01. The maximum atomic E-state index is 12.2. The highest BCUT2D eigenvalue weighted by molar-refractivity contribution is 6.32. The van der Waals surface area contributed by atoms with Crippen molar-refractivity contribution in [1.29, 1.82) is 0 Å². The predicted octanol–water partition coefficient (Wildman–Crippen LogP) is 4.32. The summed E-state index contributed by atoms with van der Waals surface area (Å²) in [6.07, 6.45) is 4.58. The van der Waals surface area contributed by atoms with Gasteiger partial charge in [0.25, 0.3) is 0 Å². The lowest BCUT2D eigenvalue weighted by Crippen LogP contribution is -2.28. The van der Waals surface area contributed by atoms with Crippen molar-refractivity contribution in [2.24, 2.45) is 0 Å². The molecular weight excluding hydrogens is 394 g/mol. The first kappa shape index (κ1) is 21.8. The smallest absolute Gasteiger partial charge is 0.319 e. The van der Waals surface area contributed by atoms with Gasteiger partial charge in [0.15, 0.2) is 11.5 Å². The number of amides is 3. The number of hydrogen-bond donors (Lipinski definition) is 3. The highest BCUT2D eigenvalue weighted by Gasteiger charge is 2.10. The van der Waals surface area contributed by atoms with Gasteiger partial charge in [-0.05, 0) is 48.0 Å². The van der Waals surface area contributed by atoms with Gasteiger partial charge >= 0.3 is 6.03 Å². The van der Waals surface area contributed by atoms with Crippen LogP contribution in [0.3, 0.4) is 0 Å². The van der Waals surface area contributed by atoms with Crippen molar-refractivity contribution in [1.82, 2.24) is 5.32 Å². The Balaban J connectivity index is 1.97. The van der Waals surface area contributed by atoms with Crippen molar-refractivity contribution in [3.8, 4) is 11.5 Å². The molecule has 0 fully saturated rings. The minimum absolute atomic E-state index is 0.319. The largest absolute Gasteiger partial charge is 0.493 e. The Kier molecular flexibility index (Phi) is 8.12. The highest BCUT2D eigenvalue weighted by Crippen LogP contribution is 2.36. The number of carbonyl (C=O) groups excluding carboxylic acids is 2. The fourth-order valence-electron chi connectivity index (χ4n) is 2.37. The van der Waals surface area contributed by atoms with Crippen molar-refractivity contribution in [2.45, 2.75) is 0 Å². The van der Waals surface area contributed by atoms with Gasteiger partial charge in [0, 0.05) is 24.0 Å². The Bertz CT molecular complexity index is 911. The number of hydrogen-bond acceptors (Lipinski definition) is 4. The predicted molar refractivity (Wildman–Crippen MR) is 116 cm³/mol. The van der Waals surface area contributed by atoms with Crippen molar-refractivity contribution in [3.63, 3.8) is 0 Å². The van der Waals surface area contributed by atoms with E-state index in [-0.39, 0.29) is 11.9 Å². The van der Waals surface area contributed by atoms with E-state index < -0.39 is 0 Å². The third-order valence-electron chi connectivity index (χ3n) is 3.70. The summed E-state index contributed by atoms with van der Waals surface area (Å²) in [5.41, 5.74) is 1.87. The molecule has 0 heterocycles. The summed E-state index contributed by atoms with van der Waals surface area (Å²) < 4.78 is 10.4. The number of urea groups is 1. The van der Waals surface area contributed by atoms with E-state index in [4.69, 9.17) is 21.1 Å². The van der Waals surface area contributed by atoms with E-state index >= 15 is 0 Å². The molecule has 2 rings (SSSR count). The van der Waals surface area contributed by atoms with Gasteiger partial charge in [-0.25, -0.2) is 4.79 Å². The van der Waals surface area contributed by atoms with Crippen molar-refractivity contribution in [2.75, 3.05) is 31.4 Å². The first-order valence-corrected chi connectivity index (χ1v) is 9.01. The van der Waals surface area contributed by atoms with Gasteiger partial charge in [-0.2, -0.15) is 0 Å². The van der Waals surface area contributed by atoms with E-state index in [1.807, 2.05) is 0 Å². The van der Waals surface area contributed by atoms with E-state index in [1.165, 1.54) is 20.3 Å². The molecule has 2 aromatic rings. The lowest BCUT2D eigenvalue weighted by atomic mass is 10.2. The molecule has 0 saturated heterocycles. The average molecular weight is 416 g/mol. The van der Waals surface area contributed by atoms with Crippen molar-refractivity contribution in [3.05, 3.63) is 65.7 Å². The molecule has 0 radical (unpaired) electrons. The van der Waals surface area contributed by atoms with Crippen LogP contribution in [0.1, 0.15) is 5.56 Å². The molecule has 0 unspecified atom stereocenters. The molecule has 3 N–H and O–H groups in total. The zero-order chi connectivity index (χ0) is 21.2.